The molecular formula is C25H33N3O4S. The molecule has 7 nitrogen and oxygen atoms in total. The molecule has 178 valence electrons. The summed E-state index contributed by atoms with van der Waals surface area (Å²) in [6, 6.07) is 4.20. The van der Waals surface area contributed by atoms with Crippen molar-refractivity contribution < 1.29 is 17.7 Å². The molecule has 1 atom stereocenters. The van der Waals surface area contributed by atoms with Crippen molar-refractivity contribution in [2.24, 2.45) is 5.92 Å². The molecule has 2 fully saturated rings. The molecule has 0 unspecified atom stereocenters. The van der Waals surface area contributed by atoms with Crippen LogP contribution in [0.1, 0.15) is 59.4 Å². The zero-order valence-electron chi connectivity index (χ0n) is 19.9. The molecule has 2 aliphatic rings. The smallest absolute Gasteiger partial charge is 0.248 e. The van der Waals surface area contributed by atoms with Crippen LogP contribution in [-0.4, -0.2) is 54.9 Å². The number of amides is 1. The first-order valence-corrected chi connectivity index (χ1v) is 13.1. The molecule has 0 radical (unpaired) electrons. The van der Waals surface area contributed by atoms with Crippen LogP contribution in [0, 0.1) is 33.6 Å². The van der Waals surface area contributed by atoms with Gasteiger partial charge in [0.1, 0.15) is 5.69 Å². The summed E-state index contributed by atoms with van der Waals surface area (Å²) in [6.07, 6.45) is 7.02. The lowest BCUT2D eigenvalue weighted by Gasteiger charge is -2.33. The molecule has 0 aliphatic carbocycles. The van der Waals surface area contributed by atoms with Gasteiger partial charge in [0.25, 0.3) is 0 Å². The van der Waals surface area contributed by atoms with Crippen LogP contribution >= 0.6 is 0 Å². The summed E-state index contributed by atoms with van der Waals surface area (Å²) < 4.78 is 34.1. The Kier molecular flexibility index (Phi) is 6.77. The van der Waals surface area contributed by atoms with Crippen molar-refractivity contribution in [3.63, 3.8) is 0 Å². The first-order valence-electron chi connectivity index (χ1n) is 11.7. The Balaban J connectivity index is 1.60. The van der Waals surface area contributed by atoms with Crippen LogP contribution in [0.25, 0.3) is 12.2 Å². The average molecular weight is 472 g/mol. The lowest BCUT2D eigenvalue weighted by atomic mass is 9.98. The number of rotatable bonds is 5. The van der Waals surface area contributed by atoms with E-state index in [9.17, 15) is 13.2 Å². The van der Waals surface area contributed by atoms with Crippen LogP contribution in [0.5, 0.6) is 0 Å². The minimum absolute atomic E-state index is 0.0832. The summed E-state index contributed by atoms with van der Waals surface area (Å²) in [5.41, 5.74) is 4.78. The van der Waals surface area contributed by atoms with Crippen molar-refractivity contribution in [1.29, 1.82) is 0 Å². The number of sulfonamides is 1. The molecule has 0 bridgehead atoms. The van der Waals surface area contributed by atoms with Gasteiger partial charge in [0.05, 0.1) is 5.92 Å². The van der Waals surface area contributed by atoms with Crippen LogP contribution in [0.4, 0.5) is 0 Å². The largest absolute Gasteiger partial charge is 0.355 e. The summed E-state index contributed by atoms with van der Waals surface area (Å²) in [7, 11) is -3.85. The number of aromatic nitrogens is 1. The fourth-order valence-electron chi connectivity index (χ4n) is 5.10. The topological polar surface area (TPSA) is 83.7 Å². The third-order valence-corrected chi connectivity index (χ3v) is 8.75. The Morgan fingerprint density at radius 2 is 1.70 bits per heavy atom. The van der Waals surface area contributed by atoms with Crippen LogP contribution in [0.3, 0.4) is 0 Å². The minimum Gasteiger partial charge on any atom is -0.355 e. The highest BCUT2D eigenvalue weighted by Crippen LogP contribution is 2.30. The summed E-state index contributed by atoms with van der Waals surface area (Å²) in [5, 5.41) is 3.96. The Bertz CT molecular complexity index is 1150. The summed E-state index contributed by atoms with van der Waals surface area (Å²) in [5.74, 6) is 0.0170. The van der Waals surface area contributed by atoms with E-state index in [-0.39, 0.29) is 29.0 Å². The molecule has 0 saturated carbocycles. The minimum atomic E-state index is -3.85. The number of benzene rings is 1. The number of piperidine rings is 1. The van der Waals surface area contributed by atoms with Gasteiger partial charge in [0.15, 0.2) is 10.7 Å². The molecule has 0 spiro atoms. The van der Waals surface area contributed by atoms with Crippen molar-refractivity contribution >= 4 is 28.1 Å². The van der Waals surface area contributed by atoms with E-state index >= 15 is 0 Å². The van der Waals surface area contributed by atoms with Gasteiger partial charge >= 0.3 is 0 Å². The van der Waals surface area contributed by atoms with Crippen LogP contribution in [-0.2, 0) is 14.8 Å². The third kappa shape index (κ3) is 4.77. The molecule has 1 aromatic carbocycles. The van der Waals surface area contributed by atoms with E-state index in [1.54, 1.807) is 13.0 Å². The number of carbonyl (C=O) groups is 1. The monoisotopic (exact) mass is 471 g/mol. The molecule has 1 aromatic heterocycles. The molecular weight excluding hydrogens is 438 g/mol. The highest BCUT2D eigenvalue weighted by atomic mass is 32.2. The first kappa shape index (κ1) is 23.7. The molecule has 2 aromatic rings. The van der Waals surface area contributed by atoms with Crippen molar-refractivity contribution in [3.05, 3.63) is 45.8 Å². The summed E-state index contributed by atoms with van der Waals surface area (Å²) in [6.45, 7) is 9.94. The molecule has 8 heteroatoms. The maximum atomic E-state index is 13.6. The first-order chi connectivity index (χ1) is 15.7. The van der Waals surface area contributed by atoms with Gasteiger partial charge in [-0.2, -0.15) is 4.31 Å². The SMILES string of the molecule is Cc1cc(C)c(/C=C/c2onc(C)c2S(=O)(=O)N2CCC[C@@H](C(=O)N3CCCC3)C2)c(C)c1. The van der Waals surface area contributed by atoms with Crippen LogP contribution < -0.4 is 0 Å². The number of hydrogen-bond donors (Lipinski definition) is 0. The molecule has 4 rings (SSSR count). The van der Waals surface area contributed by atoms with Crippen LogP contribution in [0.15, 0.2) is 21.6 Å². The third-order valence-electron chi connectivity index (χ3n) is 6.72. The standard InChI is InChI=1S/C25H33N3O4S/c1-17-14-18(2)22(19(3)15-17)9-10-23-24(20(4)26-32-23)33(30,31)28-13-7-8-21(16-28)25(29)27-11-5-6-12-27/h9-10,14-15,21H,5-8,11-13,16H2,1-4H3/b10-9+/t21-/m1/s1. The fraction of sp³-hybridized carbons (Fsp3) is 0.520. The second-order valence-corrected chi connectivity index (χ2v) is 11.2. The van der Waals surface area contributed by atoms with Crippen molar-refractivity contribution in [3.8, 4) is 0 Å². The highest BCUT2D eigenvalue weighted by Gasteiger charge is 2.38. The lowest BCUT2D eigenvalue weighted by Crippen LogP contribution is -2.46. The Hall–Kier alpha value is -2.45. The Labute approximate surface area is 196 Å². The van der Waals surface area contributed by atoms with E-state index in [2.05, 4.69) is 24.2 Å². The molecule has 0 N–H and O–H groups in total. The van der Waals surface area contributed by atoms with E-state index in [1.807, 2.05) is 24.8 Å². The van der Waals surface area contributed by atoms with Gasteiger partial charge in [-0.25, -0.2) is 8.42 Å². The number of likely N-dealkylation sites (tertiary alicyclic amines) is 1. The Morgan fingerprint density at radius 1 is 1.03 bits per heavy atom. The number of nitrogens with zero attached hydrogens (tertiary/aromatic N) is 3. The van der Waals surface area contributed by atoms with Gasteiger partial charge in [0.2, 0.25) is 15.9 Å². The average Bonchev–Trinajstić information content (AvgIpc) is 3.43. The maximum Gasteiger partial charge on any atom is 0.248 e. The highest BCUT2D eigenvalue weighted by molar-refractivity contribution is 7.89. The van der Waals surface area contributed by atoms with Gasteiger partial charge < -0.3 is 9.42 Å². The predicted octanol–water partition coefficient (Wildman–Crippen LogP) is 4.10. The predicted molar refractivity (Wildman–Crippen MR) is 128 cm³/mol. The molecule has 3 heterocycles. The van der Waals surface area contributed by atoms with E-state index in [0.717, 1.165) is 49.0 Å². The van der Waals surface area contributed by atoms with E-state index in [1.165, 1.54) is 9.87 Å². The molecule has 2 saturated heterocycles. The van der Waals surface area contributed by atoms with Gasteiger partial charge in [-0.3, -0.25) is 4.79 Å². The number of carbonyl (C=O) groups excluding carboxylic acids is 1. The zero-order chi connectivity index (χ0) is 23.8. The van der Waals surface area contributed by atoms with Gasteiger partial charge in [-0.15, -0.1) is 0 Å². The van der Waals surface area contributed by atoms with Crippen molar-refractivity contribution in [2.75, 3.05) is 26.2 Å². The normalized spacial score (nSPS) is 20.1. The molecule has 2 aliphatic heterocycles. The second kappa shape index (κ2) is 9.43. The van der Waals surface area contributed by atoms with Gasteiger partial charge in [-0.1, -0.05) is 28.9 Å². The second-order valence-electron chi connectivity index (χ2n) is 9.34. The summed E-state index contributed by atoms with van der Waals surface area (Å²) >= 11 is 0. The molecule has 33 heavy (non-hydrogen) atoms. The van der Waals surface area contributed by atoms with Gasteiger partial charge in [0, 0.05) is 26.2 Å². The molecule has 1 amide bonds. The summed E-state index contributed by atoms with van der Waals surface area (Å²) in [4.78, 5) is 14.9. The zero-order valence-corrected chi connectivity index (χ0v) is 20.7. The van der Waals surface area contributed by atoms with Gasteiger partial charge in [-0.05, 0) is 76.1 Å². The van der Waals surface area contributed by atoms with E-state index in [0.29, 0.717) is 18.7 Å². The maximum absolute atomic E-state index is 13.6. The van der Waals surface area contributed by atoms with Crippen molar-refractivity contribution in [2.45, 2.75) is 58.3 Å². The van der Waals surface area contributed by atoms with Crippen molar-refractivity contribution in [1.82, 2.24) is 14.4 Å². The number of hydrogen-bond acceptors (Lipinski definition) is 5. The Morgan fingerprint density at radius 3 is 2.36 bits per heavy atom. The van der Waals surface area contributed by atoms with E-state index in [4.69, 9.17) is 4.52 Å². The quantitative estimate of drug-likeness (QED) is 0.656. The number of aryl methyl sites for hydroxylation is 4. The van der Waals surface area contributed by atoms with Crippen LogP contribution in [0.2, 0.25) is 0 Å². The van der Waals surface area contributed by atoms with E-state index < -0.39 is 10.0 Å². The lowest BCUT2D eigenvalue weighted by molar-refractivity contribution is -0.135. The fourth-order valence-corrected chi connectivity index (χ4v) is 6.87.